The molecule has 1 atom stereocenters. The summed E-state index contributed by atoms with van der Waals surface area (Å²) in [7, 11) is 3.86. The number of nitrogens with zero attached hydrogens (tertiary/aromatic N) is 5. The van der Waals surface area contributed by atoms with Gasteiger partial charge in [-0.25, -0.2) is 9.97 Å². The van der Waals surface area contributed by atoms with Gasteiger partial charge in [0.15, 0.2) is 0 Å². The molecule has 3 aromatic rings. The summed E-state index contributed by atoms with van der Waals surface area (Å²) in [5.41, 5.74) is 4.89. The van der Waals surface area contributed by atoms with Crippen LogP contribution in [-0.4, -0.2) is 46.4 Å². The molecule has 7 heteroatoms. The Morgan fingerprint density at radius 1 is 1.19 bits per heavy atom. The van der Waals surface area contributed by atoms with Crippen molar-refractivity contribution in [2.45, 2.75) is 38.6 Å². The van der Waals surface area contributed by atoms with Crippen molar-refractivity contribution in [1.82, 2.24) is 19.9 Å². The Morgan fingerprint density at radius 3 is 2.78 bits per heavy atom. The number of amides is 1. The van der Waals surface area contributed by atoms with Crippen LogP contribution < -0.4 is 4.90 Å². The first-order chi connectivity index (χ1) is 15.4. The van der Waals surface area contributed by atoms with Gasteiger partial charge >= 0.3 is 0 Å². The zero-order chi connectivity index (χ0) is 22.7. The highest BCUT2D eigenvalue weighted by Gasteiger charge is 2.31. The third kappa shape index (κ3) is 4.75. The maximum Gasteiger partial charge on any atom is 0.227 e. The molecule has 1 saturated heterocycles. The summed E-state index contributed by atoms with van der Waals surface area (Å²) in [5.74, 6) is 0.739. The Kier molecular flexibility index (Phi) is 6.70. The Bertz CT molecular complexity index is 1120. The second-order valence-electron chi connectivity index (χ2n) is 8.46. The molecule has 166 valence electrons. The van der Waals surface area contributed by atoms with E-state index < -0.39 is 0 Å². The van der Waals surface area contributed by atoms with Crippen LogP contribution in [-0.2, 0) is 11.2 Å². The number of anilines is 1. The van der Waals surface area contributed by atoms with Crippen LogP contribution in [0.25, 0.3) is 11.1 Å². The van der Waals surface area contributed by atoms with Gasteiger partial charge in [-0.1, -0.05) is 23.7 Å². The average molecular weight is 450 g/mol. The summed E-state index contributed by atoms with van der Waals surface area (Å²) < 4.78 is 0. The van der Waals surface area contributed by atoms with Gasteiger partial charge in [0.2, 0.25) is 11.9 Å². The highest BCUT2D eigenvalue weighted by Crippen LogP contribution is 2.37. The minimum absolute atomic E-state index is 0.0967. The van der Waals surface area contributed by atoms with Gasteiger partial charge in [0, 0.05) is 49.8 Å². The first-order valence-corrected chi connectivity index (χ1v) is 11.3. The molecular formula is C25H28ClN5O. The lowest BCUT2D eigenvalue weighted by molar-refractivity contribution is -0.134. The number of rotatable bonds is 5. The van der Waals surface area contributed by atoms with Gasteiger partial charge in [0.1, 0.15) is 0 Å². The molecule has 1 aliphatic heterocycles. The monoisotopic (exact) mass is 449 g/mol. The molecule has 0 spiro atoms. The van der Waals surface area contributed by atoms with Crippen LogP contribution in [0.2, 0.25) is 5.02 Å². The van der Waals surface area contributed by atoms with Gasteiger partial charge in [0.05, 0.1) is 18.2 Å². The lowest BCUT2D eigenvalue weighted by atomic mass is 9.92. The number of aryl methyl sites for hydroxylation is 1. The molecule has 0 bridgehead atoms. The van der Waals surface area contributed by atoms with Crippen molar-refractivity contribution in [3.8, 4) is 11.1 Å². The van der Waals surface area contributed by atoms with Crippen LogP contribution in [0.5, 0.6) is 0 Å². The highest BCUT2D eigenvalue weighted by atomic mass is 35.5. The number of halogens is 1. The third-order valence-electron chi connectivity index (χ3n) is 5.90. The van der Waals surface area contributed by atoms with Crippen LogP contribution in [0.1, 0.15) is 42.1 Å². The number of carbonyl (C=O) groups is 1. The van der Waals surface area contributed by atoms with Gasteiger partial charge in [-0.05, 0) is 61.1 Å². The predicted molar refractivity (Wildman–Crippen MR) is 128 cm³/mol. The molecule has 0 saturated carbocycles. The Morgan fingerprint density at radius 2 is 2.03 bits per heavy atom. The van der Waals surface area contributed by atoms with Gasteiger partial charge in [-0.3, -0.25) is 9.78 Å². The first kappa shape index (κ1) is 22.2. The van der Waals surface area contributed by atoms with E-state index in [2.05, 4.69) is 9.97 Å². The summed E-state index contributed by atoms with van der Waals surface area (Å²) in [6.07, 6.45) is 8.77. The van der Waals surface area contributed by atoms with Gasteiger partial charge in [0.25, 0.3) is 0 Å². The fourth-order valence-corrected chi connectivity index (χ4v) is 4.49. The predicted octanol–water partition coefficient (Wildman–Crippen LogP) is 4.86. The number of pyridine rings is 1. The number of benzene rings is 1. The molecule has 1 aromatic carbocycles. The standard InChI is InChI=1S/C25H28ClN5O/c1-17-15-27-11-10-20(17)21-16-28-25(30(2)3)29-24(21)22-9-4-5-12-31(22)23(32)14-18-7-6-8-19(26)13-18/h6-8,10-11,13,15-16,22H,4-5,9,12,14H2,1-3H3/t22-/m1/s1. The van der Waals surface area contributed by atoms with Crippen LogP contribution in [0, 0.1) is 6.92 Å². The Labute approximate surface area is 194 Å². The van der Waals surface area contributed by atoms with Crippen molar-refractivity contribution in [2.24, 2.45) is 0 Å². The van der Waals surface area contributed by atoms with Crippen molar-refractivity contribution >= 4 is 23.5 Å². The van der Waals surface area contributed by atoms with E-state index in [1.54, 1.807) is 6.20 Å². The number of likely N-dealkylation sites (tertiary alicyclic amines) is 1. The number of hydrogen-bond donors (Lipinski definition) is 0. The fraction of sp³-hybridized carbons (Fsp3) is 0.360. The van der Waals surface area contributed by atoms with Crippen molar-refractivity contribution in [3.05, 3.63) is 70.8 Å². The number of piperidine rings is 1. The quantitative estimate of drug-likeness (QED) is 0.556. The molecule has 0 aliphatic carbocycles. The summed E-state index contributed by atoms with van der Waals surface area (Å²) in [4.78, 5) is 31.1. The molecule has 4 rings (SSSR count). The van der Waals surface area contributed by atoms with Crippen molar-refractivity contribution in [1.29, 1.82) is 0 Å². The first-order valence-electron chi connectivity index (χ1n) is 10.9. The molecule has 0 unspecified atom stereocenters. The lowest BCUT2D eigenvalue weighted by Gasteiger charge is -2.36. The van der Waals surface area contributed by atoms with Crippen molar-refractivity contribution < 1.29 is 4.79 Å². The zero-order valence-electron chi connectivity index (χ0n) is 18.8. The second kappa shape index (κ2) is 9.65. The molecular weight excluding hydrogens is 422 g/mol. The number of carbonyl (C=O) groups excluding carboxylic acids is 1. The van der Waals surface area contributed by atoms with Crippen molar-refractivity contribution in [3.63, 3.8) is 0 Å². The SMILES string of the molecule is Cc1cnccc1-c1cnc(N(C)C)nc1[C@H]1CCCCN1C(=O)Cc1cccc(Cl)c1. The van der Waals surface area contributed by atoms with Crippen LogP contribution in [0.15, 0.2) is 48.9 Å². The summed E-state index contributed by atoms with van der Waals surface area (Å²) >= 11 is 6.14. The van der Waals surface area contributed by atoms with Crippen LogP contribution in [0.3, 0.4) is 0 Å². The number of hydrogen-bond acceptors (Lipinski definition) is 5. The zero-order valence-corrected chi connectivity index (χ0v) is 19.5. The third-order valence-corrected chi connectivity index (χ3v) is 6.13. The topological polar surface area (TPSA) is 62.2 Å². The molecule has 1 aliphatic rings. The molecule has 1 fully saturated rings. The second-order valence-corrected chi connectivity index (χ2v) is 8.90. The van der Waals surface area contributed by atoms with Crippen molar-refractivity contribution in [2.75, 3.05) is 25.5 Å². The largest absolute Gasteiger partial charge is 0.347 e. The van der Waals surface area contributed by atoms with E-state index in [4.69, 9.17) is 16.6 Å². The van der Waals surface area contributed by atoms with E-state index in [1.807, 2.05) is 73.5 Å². The molecule has 32 heavy (non-hydrogen) atoms. The normalized spacial score (nSPS) is 16.1. The minimum Gasteiger partial charge on any atom is -0.347 e. The Hall–Kier alpha value is -2.99. The van der Waals surface area contributed by atoms with Gasteiger partial charge in [-0.2, -0.15) is 0 Å². The Balaban J connectivity index is 1.74. The summed E-state index contributed by atoms with van der Waals surface area (Å²) in [5, 5.41) is 0.646. The molecule has 3 heterocycles. The highest BCUT2D eigenvalue weighted by molar-refractivity contribution is 6.30. The molecule has 2 aromatic heterocycles. The summed E-state index contributed by atoms with van der Waals surface area (Å²) in [6, 6.07) is 9.42. The van der Waals surface area contributed by atoms with Gasteiger partial charge < -0.3 is 9.80 Å². The number of aromatic nitrogens is 3. The molecule has 1 amide bonds. The fourth-order valence-electron chi connectivity index (χ4n) is 4.28. The maximum atomic E-state index is 13.4. The molecule has 0 N–H and O–H groups in total. The van der Waals surface area contributed by atoms with Gasteiger partial charge in [-0.15, -0.1) is 0 Å². The van der Waals surface area contributed by atoms with E-state index >= 15 is 0 Å². The van der Waals surface area contributed by atoms with Crippen LogP contribution in [0.4, 0.5) is 5.95 Å². The van der Waals surface area contributed by atoms with E-state index in [1.165, 1.54) is 0 Å². The van der Waals surface area contributed by atoms with E-state index in [9.17, 15) is 4.79 Å². The summed E-state index contributed by atoms with van der Waals surface area (Å²) in [6.45, 7) is 2.76. The smallest absolute Gasteiger partial charge is 0.227 e. The molecule has 6 nitrogen and oxygen atoms in total. The van der Waals surface area contributed by atoms with E-state index in [-0.39, 0.29) is 11.9 Å². The van der Waals surface area contributed by atoms with Crippen LogP contribution >= 0.6 is 11.6 Å². The lowest BCUT2D eigenvalue weighted by Crippen LogP contribution is -2.40. The van der Waals surface area contributed by atoms with E-state index in [0.29, 0.717) is 17.4 Å². The molecule has 0 radical (unpaired) electrons. The average Bonchev–Trinajstić information content (AvgIpc) is 2.79. The minimum atomic E-state index is -0.0975. The maximum absolute atomic E-state index is 13.4. The van der Waals surface area contributed by atoms with E-state index in [0.717, 1.165) is 53.8 Å².